The van der Waals surface area contributed by atoms with E-state index in [9.17, 15) is 14.4 Å². The van der Waals surface area contributed by atoms with E-state index in [4.69, 9.17) is 9.47 Å². The van der Waals surface area contributed by atoms with Crippen LogP contribution < -0.4 is 0 Å². The average Bonchev–Trinajstić information content (AvgIpc) is 2.81. The number of ether oxygens (including phenoxy) is 2. The van der Waals surface area contributed by atoms with Gasteiger partial charge in [-0.15, -0.1) is 0 Å². The van der Waals surface area contributed by atoms with Gasteiger partial charge in [0.15, 0.2) is 0 Å². The Morgan fingerprint density at radius 1 is 1.38 bits per heavy atom. The molecule has 2 bridgehead atoms. The van der Waals surface area contributed by atoms with E-state index in [0.29, 0.717) is 0 Å². The van der Waals surface area contributed by atoms with Gasteiger partial charge < -0.3 is 9.47 Å². The number of hydrogen-bond donors (Lipinski definition) is 0. The topological polar surface area (TPSA) is 69.7 Å². The summed E-state index contributed by atoms with van der Waals surface area (Å²) in [4.78, 5) is 33.5. The zero-order chi connectivity index (χ0) is 11.4. The Balaban J connectivity index is 1.77. The third kappa shape index (κ3) is 1.14. The molecule has 86 valence electrons. The Hall–Kier alpha value is -1.39. The molecule has 0 radical (unpaired) electrons. The Labute approximate surface area is 92.1 Å². The van der Waals surface area contributed by atoms with Crippen molar-refractivity contribution < 1.29 is 23.9 Å². The first-order valence-electron chi connectivity index (χ1n) is 5.50. The second-order valence-electron chi connectivity index (χ2n) is 4.83. The summed E-state index contributed by atoms with van der Waals surface area (Å²) in [5.41, 5.74) is 0. The second-order valence-corrected chi connectivity index (χ2v) is 4.83. The minimum atomic E-state index is -0.822. The maximum atomic E-state index is 11.4. The Morgan fingerprint density at radius 3 is 2.81 bits per heavy atom. The quantitative estimate of drug-likeness (QED) is 0.490. The molecule has 1 heterocycles. The molecule has 0 aromatic rings. The smallest absolute Gasteiger partial charge is 0.374 e. The molecule has 0 aromatic carbocycles. The maximum absolute atomic E-state index is 11.4. The molecule has 3 fully saturated rings. The summed E-state index contributed by atoms with van der Waals surface area (Å²) in [7, 11) is 0. The lowest BCUT2D eigenvalue weighted by Crippen LogP contribution is -2.37. The van der Waals surface area contributed by atoms with Gasteiger partial charge in [0.05, 0.1) is 5.92 Å². The summed E-state index contributed by atoms with van der Waals surface area (Å²) in [5, 5.41) is 0. The Morgan fingerprint density at radius 2 is 2.12 bits per heavy atom. The molecule has 3 rings (SSSR count). The molecule has 0 aromatic heterocycles. The predicted molar refractivity (Wildman–Crippen MR) is 50.1 cm³/mol. The zero-order valence-corrected chi connectivity index (χ0v) is 8.84. The number of carbonyl (C=O) groups excluding carboxylic acids is 3. The van der Waals surface area contributed by atoms with E-state index >= 15 is 0 Å². The molecule has 16 heavy (non-hydrogen) atoms. The van der Waals surface area contributed by atoms with Gasteiger partial charge in [-0.1, -0.05) is 0 Å². The van der Waals surface area contributed by atoms with Gasteiger partial charge in [-0.3, -0.25) is 9.59 Å². The Kier molecular flexibility index (Phi) is 1.87. The summed E-state index contributed by atoms with van der Waals surface area (Å²) < 4.78 is 10.3. The van der Waals surface area contributed by atoms with Crippen molar-refractivity contribution in [3.05, 3.63) is 0 Å². The highest BCUT2D eigenvalue weighted by molar-refractivity contribution is 6.32. The van der Waals surface area contributed by atoms with Crippen molar-refractivity contribution in [2.45, 2.75) is 32.0 Å². The third-order valence-electron chi connectivity index (χ3n) is 3.94. The summed E-state index contributed by atoms with van der Waals surface area (Å²) >= 11 is 0. The van der Waals surface area contributed by atoms with Crippen molar-refractivity contribution in [3.63, 3.8) is 0 Å². The molecular formula is C11H12O5. The molecule has 0 spiro atoms. The van der Waals surface area contributed by atoms with Crippen molar-refractivity contribution >= 4 is 17.7 Å². The molecular weight excluding hydrogens is 212 g/mol. The summed E-state index contributed by atoms with van der Waals surface area (Å²) in [5.74, 6) is -1.21. The van der Waals surface area contributed by atoms with Crippen LogP contribution in [0.3, 0.4) is 0 Å². The molecule has 0 N–H and O–H groups in total. The molecule has 5 unspecified atom stereocenters. The van der Waals surface area contributed by atoms with Gasteiger partial charge in [0.25, 0.3) is 0 Å². The van der Waals surface area contributed by atoms with Crippen LogP contribution in [0.25, 0.3) is 0 Å². The van der Waals surface area contributed by atoms with Crippen molar-refractivity contribution in [3.8, 4) is 0 Å². The fourth-order valence-corrected chi connectivity index (χ4v) is 3.27. The van der Waals surface area contributed by atoms with Gasteiger partial charge >= 0.3 is 11.9 Å². The Bertz CT molecular complexity index is 388. The van der Waals surface area contributed by atoms with Crippen LogP contribution in [0.15, 0.2) is 0 Å². The fourth-order valence-electron chi connectivity index (χ4n) is 3.27. The highest BCUT2D eigenvalue weighted by Gasteiger charge is 2.63. The van der Waals surface area contributed by atoms with E-state index in [1.165, 1.54) is 6.92 Å². The van der Waals surface area contributed by atoms with Gasteiger partial charge in [0, 0.05) is 18.8 Å². The van der Waals surface area contributed by atoms with Crippen LogP contribution in [-0.2, 0) is 23.9 Å². The number of esters is 2. The van der Waals surface area contributed by atoms with Crippen LogP contribution in [0.2, 0.25) is 0 Å². The number of fused-ring (bicyclic) bond motifs is 1. The van der Waals surface area contributed by atoms with Gasteiger partial charge in [0.2, 0.25) is 5.78 Å². The number of rotatable bonds is 2. The summed E-state index contributed by atoms with van der Waals surface area (Å²) in [6, 6.07) is 0. The molecule has 1 saturated heterocycles. The van der Waals surface area contributed by atoms with Crippen molar-refractivity contribution in [1.82, 2.24) is 0 Å². The number of ketones is 1. The van der Waals surface area contributed by atoms with Gasteiger partial charge in [-0.25, -0.2) is 4.79 Å². The molecule has 2 aliphatic carbocycles. The minimum absolute atomic E-state index is 0.00211. The molecule has 5 nitrogen and oxygen atoms in total. The first-order valence-corrected chi connectivity index (χ1v) is 5.50. The van der Waals surface area contributed by atoms with Crippen LogP contribution in [0, 0.1) is 17.8 Å². The normalized spacial score (nSPS) is 43.3. The molecule has 5 atom stereocenters. The van der Waals surface area contributed by atoms with E-state index in [2.05, 4.69) is 0 Å². The van der Waals surface area contributed by atoms with E-state index in [-0.39, 0.29) is 29.8 Å². The lowest BCUT2D eigenvalue weighted by Gasteiger charge is -2.24. The first kappa shape index (κ1) is 9.81. The number of Topliss-reactive ketones (excluding diaryl/α,β-unsaturated/α-hetero) is 1. The lowest BCUT2D eigenvalue weighted by molar-refractivity contribution is -0.165. The molecule has 3 aliphatic rings. The minimum Gasteiger partial charge on any atom is -0.458 e. The van der Waals surface area contributed by atoms with Gasteiger partial charge in [-0.05, 0) is 12.8 Å². The standard InChI is InChI=1S/C11H12O5/c1-4(12)10(13)15-8-5-2-6-7(3-5)11(14)16-9(6)8/h5-9H,2-3H2,1H3. The van der Waals surface area contributed by atoms with E-state index in [0.717, 1.165) is 12.8 Å². The van der Waals surface area contributed by atoms with Gasteiger partial charge in [0.1, 0.15) is 12.2 Å². The van der Waals surface area contributed by atoms with Crippen molar-refractivity contribution in [2.75, 3.05) is 0 Å². The highest BCUT2D eigenvalue weighted by Crippen LogP contribution is 2.55. The monoisotopic (exact) mass is 224 g/mol. The van der Waals surface area contributed by atoms with Crippen molar-refractivity contribution in [1.29, 1.82) is 0 Å². The van der Waals surface area contributed by atoms with Gasteiger partial charge in [-0.2, -0.15) is 0 Å². The van der Waals surface area contributed by atoms with E-state index in [1.807, 2.05) is 0 Å². The second kappa shape index (κ2) is 3.06. The molecule has 0 amide bonds. The fraction of sp³-hybridized carbons (Fsp3) is 0.727. The summed E-state index contributed by atoms with van der Waals surface area (Å²) in [6.45, 7) is 1.18. The maximum Gasteiger partial charge on any atom is 0.374 e. The first-order chi connectivity index (χ1) is 7.58. The number of hydrogen-bond acceptors (Lipinski definition) is 5. The van der Waals surface area contributed by atoms with E-state index in [1.54, 1.807) is 0 Å². The van der Waals surface area contributed by atoms with Crippen LogP contribution in [-0.4, -0.2) is 29.9 Å². The summed E-state index contributed by atoms with van der Waals surface area (Å²) in [6.07, 6.45) is 0.899. The van der Waals surface area contributed by atoms with Crippen molar-refractivity contribution in [2.24, 2.45) is 17.8 Å². The number of carbonyl (C=O) groups is 3. The largest absolute Gasteiger partial charge is 0.458 e. The lowest BCUT2D eigenvalue weighted by atomic mass is 9.88. The highest BCUT2D eigenvalue weighted by atomic mass is 16.6. The third-order valence-corrected chi connectivity index (χ3v) is 3.94. The van der Waals surface area contributed by atoms with E-state index < -0.39 is 17.9 Å². The average molecular weight is 224 g/mol. The molecule has 5 heteroatoms. The molecule has 2 saturated carbocycles. The predicted octanol–water partition coefficient (Wildman–Crippen LogP) is 0.0686. The SMILES string of the molecule is CC(=O)C(=O)OC1C2CC3C(=O)OC1C3C2. The molecule has 1 aliphatic heterocycles. The van der Waals surface area contributed by atoms with Crippen LogP contribution >= 0.6 is 0 Å². The van der Waals surface area contributed by atoms with Crippen LogP contribution in [0.1, 0.15) is 19.8 Å². The van der Waals surface area contributed by atoms with Crippen LogP contribution in [0.5, 0.6) is 0 Å². The van der Waals surface area contributed by atoms with Crippen LogP contribution in [0.4, 0.5) is 0 Å². The zero-order valence-electron chi connectivity index (χ0n) is 8.84.